The number of carbonyl (C=O) groups excluding carboxylic acids is 1. The number of fused-ring (bicyclic) bond motifs is 1. The standard InChI is InChI=1S/C21H32N4O.HI/c1-2-22-21(24-18-10-4-3-5-11-18)23-15-8-13-20(26)25-16-14-17-9-6-7-12-19(17)25;/h6-7,9,12,18H,2-5,8,10-11,13-16H2,1H3,(H2,22,23,24);1H. The number of carbonyl (C=O) groups is 1. The van der Waals surface area contributed by atoms with Crippen LogP contribution < -0.4 is 15.5 Å². The molecule has 6 heteroatoms. The molecule has 1 aliphatic heterocycles. The molecule has 0 saturated heterocycles. The molecule has 0 spiro atoms. The van der Waals surface area contributed by atoms with Crippen molar-refractivity contribution in [3.05, 3.63) is 29.8 Å². The molecule has 0 unspecified atom stereocenters. The lowest BCUT2D eigenvalue weighted by atomic mass is 9.96. The number of nitrogens with zero attached hydrogens (tertiary/aromatic N) is 2. The van der Waals surface area contributed by atoms with Gasteiger partial charge in [-0.15, -0.1) is 24.0 Å². The van der Waals surface area contributed by atoms with Crippen molar-refractivity contribution in [3.63, 3.8) is 0 Å². The number of amides is 1. The van der Waals surface area contributed by atoms with E-state index in [0.717, 1.165) is 37.6 Å². The number of anilines is 1. The molecule has 1 aromatic rings. The molecule has 2 N–H and O–H groups in total. The van der Waals surface area contributed by atoms with Gasteiger partial charge in [-0.05, 0) is 44.2 Å². The molecule has 27 heavy (non-hydrogen) atoms. The van der Waals surface area contributed by atoms with Gasteiger partial charge in [0.25, 0.3) is 0 Å². The SMILES string of the molecule is CCNC(=NCCCC(=O)N1CCc2ccccc21)NC1CCCCC1.I. The highest BCUT2D eigenvalue weighted by Gasteiger charge is 2.23. The number of hydrogen-bond donors (Lipinski definition) is 2. The number of para-hydroxylation sites is 1. The summed E-state index contributed by atoms with van der Waals surface area (Å²) in [5.41, 5.74) is 2.37. The zero-order valence-corrected chi connectivity index (χ0v) is 18.7. The van der Waals surface area contributed by atoms with Gasteiger partial charge in [-0.3, -0.25) is 9.79 Å². The Kier molecular flexibility index (Phi) is 9.38. The van der Waals surface area contributed by atoms with Crippen LogP contribution in [0.15, 0.2) is 29.3 Å². The van der Waals surface area contributed by atoms with Gasteiger partial charge in [0.1, 0.15) is 0 Å². The lowest BCUT2D eigenvalue weighted by molar-refractivity contribution is -0.118. The Bertz CT molecular complexity index is 628. The second-order valence-corrected chi connectivity index (χ2v) is 7.27. The molecule has 1 heterocycles. The van der Waals surface area contributed by atoms with E-state index in [1.54, 1.807) is 0 Å². The van der Waals surface area contributed by atoms with Gasteiger partial charge in [-0.25, -0.2) is 0 Å². The summed E-state index contributed by atoms with van der Waals surface area (Å²) in [6.07, 6.45) is 8.75. The Morgan fingerprint density at radius 1 is 1.22 bits per heavy atom. The van der Waals surface area contributed by atoms with Crippen molar-refractivity contribution in [3.8, 4) is 0 Å². The van der Waals surface area contributed by atoms with Crippen LogP contribution in [0.2, 0.25) is 0 Å². The monoisotopic (exact) mass is 484 g/mol. The van der Waals surface area contributed by atoms with E-state index in [1.165, 1.54) is 37.7 Å². The average molecular weight is 484 g/mol. The molecule has 5 nitrogen and oxygen atoms in total. The molecule has 0 aromatic heterocycles. The summed E-state index contributed by atoms with van der Waals surface area (Å²) >= 11 is 0. The van der Waals surface area contributed by atoms with Gasteiger partial charge < -0.3 is 15.5 Å². The number of hydrogen-bond acceptors (Lipinski definition) is 2. The first-order chi connectivity index (χ1) is 12.8. The van der Waals surface area contributed by atoms with Crippen LogP contribution in [0.25, 0.3) is 0 Å². The van der Waals surface area contributed by atoms with Gasteiger partial charge in [-0.2, -0.15) is 0 Å². The summed E-state index contributed by atoms with van der Waals surface area (Å²) in [5.74, 6) is 1.12. The lowest BCUT2D eigenvalue weighted by Gasteiger charge is -2.24. The smallest absolute Gasteiger partial charge is 0.227 e. The summed E-state index contributed by atoms with van der Waals surface area (Å²) in [4.78, 5) is 19.2. The van der Waals surface area contributed by atoms with Gasteiger partial charge in [0.15, 0.2) is 5.96 Å². The number of aliphatic imine (C=N–C) groups is 1. The van der Waals surface area contributed by atoms with Crippen molar-refractivity contribution in [1.29, 1.82) is 0 Å². The van der Waals surface area contributed by atoms with Gasteiger partial charge in [0, 0.05) is 37.8 Å². The van der Waals surface area contributed by atoms with Crippen molar-refractivity contribution in [2.75, 3.05) is 24.5 Å². The van der Waals surface area contributed by atoms with Crippen LogP contribution in [-0.4, -0.2) is 37.5 Å². The Balaban J connectivity index is 0.00000261. The quantitative estimate of drug-likeness (QED) is 0.279. The predicted octanol–water partition coefficient (Wildman–Crippen LogP) is 3.86. The van der Waals surface area contributed by atoms with E-state index in [2.05, 4.69) is 34.7 Å². The van der Waals surface area contributed by atoms with E-state index in [4.69, 9.17) is 0 Å². The zero-order valence-electron chi connectivity index (χ0n) is 16.4. The number of benzene rings is 1. The fraction of sp³-hybridized carbons (Fsp3) is 0.619. The maximum Gasteiger partial charge on any atom is 0.227 e. The second-order valence-electron chi connectivity index (χ2n) is 7.27. The Labute approximate surface area is 180 Å². The van der Waals surface area contributed by atoms with Crippen LogP contribution in [0.1, 0.15) is 57.4 Å². The Morgan fingerprint density at radius 3 is 2.78 bits per heavy atom. The highest BCUT2D eigenvalue weighted by Crippen LogP contribution is 2.28. The third kappa shape index (κ3) is 6.36. The van der Waals surface area contributed by atoms with Crippen LogP contribution in [0.4, 0.5) is 5.69 Å². The van der Waals surface area contributed by atoms with E-state index in [0.29, 0.717) is 19.0 Å². The van der Waals surface area contributed by atoms with Crippen LogP contribution in [0.5, 0.6) is 0 Å². The van der Waals surface area contributed by atoms with Gasteiger partial charge in [0.2, 0.25) is 5.91 Å². The van der Waals surface area contributed by atoms with Crippen LogP contribution in [0, 0.1) is 0 Å². The summed E-state index contributed by atoms with van der Waals surface area (Å²) in [6.45, 7) is 4.45. The first-order valence-corrected chi connectivity index (χ1v) is 10.2. The Hall–Kier alpha value is -1.31. The highest BCUT2D eigenvalue weighted by molar-refractivity contribution is 14.0. The first kappa shape index (κ1) is 22.0. The van der Waals surface area contributed by atoms with Crippen LogP contribution in [0.3, 0.4) is 0 Å². The molecule has 0 atom stereocenters. The minimum atomic E-state index is 0. The molecular weight excluding hydrogens is 451 g/mol. The molecule has 0 bridgehead atoms. The average Bonchev–Trinajstić information content (AvgIpc) is 3.10. The molecule has 0 radical (unpaired) electrons. The van der Waals surface area contributed by atoms with E-state index in [1.807, 2.05) is 17.0 Å². The largest absolute Gasteiger partial charge is 0.357 e. The van der Waals surface area contributed by atoms with Crippen molar-refractivity contribution >= 4 is 41.5 Å². The fourth-order valence-electron chi connectivity index (χ4n) is 3.91. The summed E-state index contributed by atoms with van der Waals surface area (Å²) in [7, 11) is 0. The first-order valence-electron chi connectivity index (χ1n) is 10.2. The third-order valence-corrected chi connectivity index (χ3v) is 5.30. The topological polar surface area (TPSA) is 56.7 Å². The van der Waals surface area contributed by atoms with Gasteiger partial charge >= 0.3 is 0 Å². The number of rotatable bonds is 6. The molecule has 1 aromatic carbocycles. The molecule has 3 rings (SSSR count). The highest BCUT2D eigenvalue weighted by atomic mass is 127. The molecule has 1 saturated carbocycles. The van der Waals surface area contributed by atoms with Crippen molar-refractivity contribution < 1.29 is 4.79 Å². The molecule has 1 fully saturated rings. The predicted molar refractivity (Wildman–Crippen MR) is 123 cm³/mol. The second kappa shape index (κ2) is 11.5. The summed E-state index contributed by atoms with van der Waals surface area (Å²) < 4.78 is 0. The van der Waals surface area contributed by atoms with Crippen molar-refractivity contribution in [2.45, 2.75) is 64.3 Å². The summed E-state index contributed by atoms with van der Waals surface area (Å²) in [5, 5.41) is 6.89. The molecule has 150 valence electrons. The van der Waals surface area contributed by atoms with Gasteiger partial charge in [-0.1, -0.05) is 37.5 Å². The Morgan fingerprint density at radius 2 is 2.00 bits per heavy atom. The zero-order chi connectivity index (χ0) is 18.2. The molecule has 1 amide bonds. The number of nitrogens with one attached hydrogen (secondary N) is 2. The lowest BCUT2D eigenvalue weighted by Crippen LogP contribution is -2.44. The fourth-order valence-corrected chi connectivity index (χ4v) is 3.91. The van der Waals surface area contributed by atoms with Gasteiger partial charge in [0.05, 0.1) is 0 Å². The van der Waals surface area contributed by atoms with E-state index < -0.39 is 0 Å². The minimum absolute atomic E-state index is 0. The van der Waals surface area contributed by atoms with Crippen LogP contribution in [-0.2, 0) is 11.2 Å². The molecule has 2 aliphatic rings. The minimum Gasteiger partial charge on any atom is -0.357 e. The number of halogens is 1. The van der Waals surface area contributed by atoms with Crippen molar-refractivity contribution in [1.82, 2.24) is 10.6 Å². The number of guanidine groups is 1. The van der Waals surface area contributed by atoms with E-state index in [9.17, 15) is 4.79 Å². The normalized spacial score (nSPS) is 17.2. The molecule has 1 aliphatic carbocycles. The van der Waals surface area contributed by atoms with Crippen molar-refractivity contribution in [2.24, 2.45) is 4.99 Å². The molecular formula is C21H33IN4O. The summed E-state index contributed by atoms with van der Waals surface area (Å²) in [6, 6.07) is 8.77. The van der Waals surface area contributed by atoms with E-state index in [-0.39, 0.29) is 29.9 Å². The van der Waals surface area contributed by atoms with Crippen LogP contribution >= 0.6 is 24.0 Å². The van der Waals surface area contributed by atoms with E-state index >= 15 is 0 Å². The maximum absolute atomic E-state index is 12.5. The third-order valence-electron chi connectivity index (χ3n) is 5.30. The maximum atomic E-state index is 12.5.